The second-order valence-corrected chi connectivity index (χ2v) is 7.15. The molecule has 0 unspecified atom stereocenters. The minimum atomic E-state index is -4.35. The van der Waals surface area contributed by atoms with Crippen LogP contribution in [0.3, 0.4) is 0 Å². The standard InChI is InChI=1S/C23H26F3N5O.HI/c1-2-28-22(29-13-18-6-8-21(9-7-18)32-16-23(24,25)26)30-14-19-4-3-5-20(12-19)15-31-11-10-27-17-31;/h3-12,17H,2,13-16H2,1H3,(H2,28,29,30);1H. The van der Waals surface area contributed by atoms with Crippen molar-refractivity contribution in [2.24, 2.45) is 4.99 Å². The molecule has 0 saturated heterocycles. The number of guanidine groups is 1. The van der Waals surface area contributed by atoms with E-state index in [0.29, 0.717) is 25.6 Å². The van der Waals surface area contributed by atoms with E-state index in [4.69, 9.17) is 4.74 Å². The monoisotopic (exact) mass is 573 g/mol. The molecule has 0 radical (unpaired) electrons. The first-order chi connectivity index (χ1) is 15.4. The van der Waals surface area contributed by atoms with Gasteiger partial charge in [0.05, 0.1) is 12.9 Å². The Balaban J connectivity index is 0.00000385. The lowest BCUT2D eigenvalue weighted by molar-refractivity contribution is -0.153. The summed E-state index contributed by atoms with van der Waals surface area (Å²) in [6.45, 7) is 3.12. The number of ether oxygens (including phenoxy) is 1. The third-order valence-corrected chi connectivity index (χ3v) is 4.47. The third kappa shape index (κ3) is 9.72. The van der Waals surface area contributed by atoms with Crippen molar-refractivity contribution < 1.29 is 17.9 Å². The highest BCUT2D eigenvalue weighted by atomic mass is 127. The van der Waals surface area contributed by atoms with E-state index in [-0.39, 0.29) is 29.7 Å². The highest BCUT2D eigenvalue weighted by Gasteiger charge is 2.28. The molecule has 3 aromatic rings. The fourth-order valence-electron chi connectivity index (χ4n) is 2.98. The molecule has 0 atom stereocenters. The zero-order valence-corrected chi connectivity index (χ0v) is 20.5. The number of imidazole rings is 1. The molecule has 1 aromatic heterocycles. The summed E-state index contributed by atoms with van der Waals surface area (Å²) in [7, 11) is 0. The Morgan fingerprint density at radius 2 is 1.82 bits per heavy atom. The number of nitrogens with one attached hydrogen (secondary N) is 2. The first kappa shape index (κ1) is 26.5. The van der Waals surface area contributed by atoms with E-state index in [0.717, 1.165) is 17.7 Å². The Hall–Kier alpha value is -2.76. The molecule has 0 saturated carbocycles. The molecule has 10 heteroatoms. The van der Waals surface area contributed by atoms with Gasteiger partial charge in [0, 0.05) is 32.0 Å². The topological polar surface area (TPSA) is 63.5 Å². The van der Waals surface area contributed by atoms with Gasteiger partial charge in [0.25, 0.3) is 0 Å². The summed E-state index contributed by atoms with van der Waals surface area (Å²) in [5.74, 6) is 0.840. The van der Waals surface area contributed by atoms with Gasteiger partial charge >= 0.3 is 6.18 Å². The molecule has 2 N–H and O–H groups in total. The molecule has 0 aliphatic carbocycles. The molecule has 0 bridgehead atoms. The van der Waals surface area contributed by atoms with E-state index in [1.54, 1.807) is 24.7 Å². The average Bonchev–Trinajstić information content (AvgIpc) is 3.28. The van der Waals surface area contributed by atoms with Crippen LogP contribution in [0.4, 0.5) is 13.2 Å². The summed E-state index contributed by atoms with van der Waals surface area (Å²) < 4.78 is 43.5. The largest absolute Gasteiger partial charge is 0.484 e. The lowest BCUT2D eigenvalue weighted by atomic mass is 10.1. The van der Waals surface area contributed by atoms with Crippen molar-refractivity contribution in [2.45, 2.75) is 32.7 Å². The maximum absolute atomic E-state index is 12.2. The van der Waals surface area contributed by atoms with Gasteiger partial charge in [-0.3, -0.25) is 0 Å². The van der Waals surface area contributed by atoms with Crippen LogP contribution in [0.15, 0.2) is 72.2 Å². The zero-order valence-electron chi connectivity index (χ0n) is 18.2. The molecule has 0 spiro atoms. The SMILES string of the molecule is CCNC(=NCc1cccc(Cn2ccnc2)c1)NCc1ccc(OCC(F)(F)F)cc1.I. The molecule has 2 aromatic carbocycles. The molecule has 0 amide bonds. The molecule has 6 nitrogen and oxygen atoms in total. The maximum atomic E-state index is 12.2. The molecule has 178 valence electrons. The van der Waals surface area contributed by atoms with Crippen LogP contribution >= 0.6 is 24.0 Å². The minimum absolute atomic E-state index is 0. The number of benzene rings is 2. The number of aliphatic imine (C=N–C) groups is 1. The number of rotatable bonds is 9. The van der Waals surface area contributed by atoms with Crippen molar-refractivity contribution in [1.29, 1.82) is 0 Å². The van der Waals surface area contributed by atoms with Gasteiger partial charge in [-0.05, 0) is 35.7 Å². The van der Waals surface area contributed by atoms with Crippen LogP contribution in [0.2, 0.25) is 0 Å². The Morgan fingerprint density at radius 1 is 1.06 bits per heavy atom. The van der Waals surface area contributed by atoms with E-state index in [9.17, 15) is 13.2 Å². The van der Waals surface area contributed by atoms with E-state index in [1.807, 2.05) is 29.8 Å². The van der Waals surface area contributed by atoms with Crippen molar-refractivity contribution >= 4 is 29.9 Å². The van der Waals surface area contributed by atoms with Crippen molar-refractivity contribution in [1.82, 2.24) is 20.2 Å². The number of hydrogen-bond donors (Lipinski definition) is 2. The van der Waals surface area contributed by atoms with Crippen molar-refractivity contribution in [3.05, 3.63) is 83.9 Å². The molecular weight excluding hydrogens is 546 g/mol. The van der Waals surface area contributed by atoms with Crippen LogP contribution < -0.4 is 15.4 Å². The van der Waals surface area contributed by atoms with Crippen molar-refractivity contribution in [3.8, 4) is 5.75 Å². The highest BCUT2D eigenvalue weighted by molar-refractivity contribution is 14.0. The van der Waals surface area contributed by atoms with Gasteiger partial charge in [-0.2, -0.15) is 13.2 Å². The van der Waals surface area contributed by atoms with Crippen LogP contribution in [0.25, 0.3) is 0 Å². The smallest absolute Gasteiger partial charge is 0.422 e. The lowest BCUT2D eigenvalue weighted by Crippen LogP contribution is -2.36. The van der Waals surface area contributed by atoms with Gasteiger partial charge in [0.15, 0.2) is 12.6 Å². The van der Waals surface area contributed by atoms with Gasteiger partial charge in [0.2, 0.25) is 0 Å². The summed E-state index contributed by atoms with van der Waals surface area (Å²) in [6, 6.07) is 14.7. The van der Waals surface area contributed by atoms with Crippen molar-refractivity contribution in [3.63, 3.8) is 0 Å². The quantitative estimate of drug-likeness (QED) is 0.221. The molecule has 33 heavy (non-hydrogen) atoms. The fraction of sp³-hybridized carbons (Fsp3) is 0.304. The van der Waals surface area contributed by atoms with Crippen LogP contribution in [0, 0.1) is 0 Å². The summed E-state index contributed by atoms with van der Waals surface area (Å²) in [5.41, 5.74) is 3.16. The Morgan fingerprint density at radius 3 is 2.48 bits per heavy atom. The number of nitrogens with zero attached hydrogens (tertiary/aromatic N) is 3. The molecule has 1 heterocycles. The van der Waals surface area contributed by atoms with E-state index >= 15 is 0 Å². The molecule has 3 rings (SSSR count). The van der Waals surface area contributed by atoms with Crippen molar-refractivity contribution in [2.75, 3.05) is 13.2 Å². The Labute approximate surface area is 208 Å². The van der Waals surface area contributed by atoms with Crippen LogP contribution in [-0.2, 0) is 19.6 Å². The summed E-state index contributed by atoms with van der Waals surface area (Å²) in [5, 5.41) is 6.44. The fourth-order valence-corrected chi connectivity index (χ4v) is 2.98. The number of aromatic nitrogens is 2. The maximum Gasteiger partial charge on any atom is 0.422 e. The normalized spacial score (nSPS) is 11.6. The van der Waals surface area contributed by atoms with Crippen LogP contribution in [-0.4, -0.2) is 34.8 Å². The van der Waals surface area contributed by atoms with Gasteiger partial charge < -0.3 is 19.9 Å². The lowest BCUT2D eigenvalue weighted by Gasteiger charge is -2.13. The average molecular weight is 573 g/mol. The number of alkyl halides is 3. The predicted molar refractivity (Wildman–Crippen MR) is 133 cm³/mol. The summed E-state index contributed by atoms with van der Waals surface area (Å²) in [4.78, 5) is 8.70. The van der Waals surface area contributed by atoms with Gasteiger partial charge in [-0.15, -0.1) is 24.0 Å². The second kappa shape index (κ2) is 13.1. The second-order valence-electron chi connectivity index (χ2n) is 7.15. The third-order valence-electron chi connectivity index (χ3n) is 4.47. The number of hydrogen-bond acceptors (Lipinski definition) is 3. The zero-order chi connectivity index (χ0) is 22.8. The first-order valence-corrected chi connectivity index (χ1v) is 10.3. The van der Waals surface area contributed by atoms with Crippen LogP contribution in [0.1, 0.15) is 23.6 Å². The van der Waals surface area contributed by atoms with Gasteiger partial charge in [0.1, 0.15) is 5.75 Å². The van der Waals surface area contributed by atoms with Gasteiger partial charge in [-0.1, -0.05) is 36.4 Å². The van der Waals surface area contributed by atoms with E-state index < -0.39 is 12.8 Å². The molecule has 0 aliphatic rings. The predicted octanol–water partition coefficient (Wildman–Crippen LogP) is 4.75. The molecule has 0 aliphatic heterocycles. The van der Waals surface area contributed by atoms with E-state index in [2.05, 4.69) is 32.7 Å². The Bertz CT molecular complexity index is 992. The highest BCUT2D eigenvalue weighted by Crippen LogP contribution is 2.18. The minimum Gasteiger partial charge on any atom is -0.484 e. The Kier molecular flexibility index (Phi) is 10.5. The molecule has 0 fully saturated rings. The van der Waals surface area contributed by atoms with Gasteiger partial charge in [-0.25, -0.2) is 9.98 Å². The summed E-state index contributed by atoms with van der Waals surface area (Å²) in [6.07, 6.45) is 1.11. The summed E-state index contributed by atoms with van der Waals surface area (Å²) >= 11 is 0. The first-order valence-electron chi connectivity index (χ1n) is 10.3. The van der Waals surface area contributed by atoms with Crippen LogP contribution in [0.5, 0.6) is 5.75 Å². The van der Waals surface area contributed by atoms with E-state index in [1.165, 1.54) is 17.7 Å². The number of halogens is 4. The molecular formula is C23H27F3IN5O.